The smallest absolute Gasteiger partial charge is 0.137 e. The highest BCUT2D eigenvalue weighted by molar-refractivity contribution is 5.95. The molecular weight excluding hydrogens is 406 g/mol. The fraction of sp³-hybridized carbons (Fsp3) is 0.423. The number of rotatable bonds is 4. The van der Waals surface area contributed by atoms with E-state index in [1.807, 2.05) is 0 Å². The first-order valence-electron chi connectivity index (χ1n) is 11.4. The molecule has 0 aliphatic carbocycles. The van der Waals surface area contributed by atoms with Crippen LogP contribution in [0.3, 0.4) is 0 Å². The number of aromatic nitrogens is 1. The predicted molar refractivity (Wildman–Crippen MR) is 132 cm³/mol. The molecule has 2 aromatic carbocycles. The molecule has 2 aliphatic rings. The molecular formula is C26H32ClN3O. The summed E-state index contributed by atoms with van der Waals surface area (Å²) >= 11 is 0. The number of nitrogens with zero attached hydrogens (tertiary/aromatic N) is 3. The zero-order valence-corrected chi connectivity index (χ0v) is 19.1. The standard InChI is InChI=1S/C26H31N3O.ClH/c1-2-28-13-15-29(16-14-28)26-24-6-4-3-5-23(24)19-25(27-26)22-9-7-20(8-10-22)21-11-17-30-18-12-21;/h3-10,19,21H,2,11-18H2,1H3;1H. The van der Waals surface area contributed by atoms with Crippen LogP contribution < -0.4 is 4.90 Å². The van der Waals surface area contributed by atoms with Gasteiger partial charge in [0.25, 0.3) is 0 Å². The van der Waals surface area contributed by atoms with Gasteiger partial charge in [-0.3, -0.25) is 0 Å². The predicted octanol–water partition coefficient (Wildman–Crippen LogP) is 5.36. The normalized spacial score (nSPS) is 18.2. The molecule has 164 valence electrons. The van der Waals surface area contributed by atoms with Gasteiger partial charge in [0, 0.05) is 50.3 Å². The lowest BCUT2D eigenvalue weighted by atomic mass is 9.91. The van der Waals surface area contributed by atoms with Crippen LogP contribution in [0.1, 0.15) is 31.2 Å². The molecule has 0 atom stereocenters. The van der Waals surface area contributed by atoms with Gasteiger partial charge in [-0.2, -0.15) is 0 Å². The third-order valence-corrected chi connectivity index (χ3v) is 6.74. The fourth-order valence-electron chi connectivity index (χ4n) is 4.80. The van der Waals surface area contributed by atoms with E-state index < -0.39 is 0 Å². The highest BCUT2D eigenvalue weighted by Crippen LogP contribution is 2.32. The minimum Gasteiger partial charge on any atom is -0.381 e. The number of ether oxygens (including phenoxy) is 1. The second-order valence-electron chi connectivity index (χ2n) is 8.48. The van der Waals surface area contributed by atoms with Crippen LogP contribution in [0, 0.1) is 0 Å². The molecule has 0 saturated carbocycles. The van der Waals surface area contributed by atoms with Crippen molar-refractivity contribution in [2.24, 2.45) is 0 Å². The van der Waals surface area contributed by atoms with Gasteiger partial charge in [0.2, 0.25) is 0 Å². The van der Waals surface area contributed by atoms with Crippen molar-refractivity contribution < 1.29 is 4.74 Å². The molecule has 31 heavy (non-hydrogen) atoms. The van der Waals surface area contributed by atoms with E-state index in [2.05, 4.69) is 71.3 Å². The fourth-order valence-corrected chi connectivity index (χ4v) is 4.80. The number of pyridine rings is 1. The lowest BCUT2D eigenvalue weighted by Crippen LogP contribution is -2.46. The van der Waals surface area contributed by atoms with Gasteiger partial charge < -0.3 is 14.5 Å². The molecule has 3 aromatic rings. The summed E-state index contributed by atoms with van der Waals surface area (Å²) in [4.78, 5) is 10.2. The molecule has 0 bridgehead atoms. The Balaban J connectivity index is 0.00000231. The van der Waals surface area contributed by atoms with Crippen molar-refractivity contribution >= 4 is 29.0 Å². The Hall–Kier alpha value is -2.14. The number of halogens is 1. The minimum atomic E-state index is 0. The van der Waals surface area contributed by atoms with Gasteiger partial charge in [-0.25, -0.2) is 4.98 Å². The Bertz CT molecular complexity index is 993. The zero-order valence-electron chi connectivity index (χ0n) is 18.3. The summed E-state index contributed by atoms with van der Waals surface area (Å²) in [5.74, 6) is 1.76. The third kappa shape index (κ3) is 4.72. The number of benzene rings is 2. The van der Waals surface area contributed by atoms with Crippen LogP contribution in [-0.2, 0) is 4.74 Å². The van der Waals surface area contributed by atoms with Crippen molar-refractivity contribution in [3.8, 4) is 11.3 Å². The summed E-state index contributed by atoms with van der Waals surface area (Å²) in [5.41, 5.74) is 3.70. The first-order valence-corrected chi connectivity index (χ1v) is 11.4. The third-order valence-electron chi connectivity index (χ3n) is 6.74. The monoisotopic (exact) mass is 437 g/mol. The largest absolute Gasteiger partial charge is 0.381 e. The Morgan fingerprint density at radius 1 is 0.935 bits per heavy atom. The molecule has 4 nitrogen and oxygen atoms in total. The molecule has 0 unspecified atom stereocenters. The Kier molecular flexibility index (Phi) is 7.11. The maximum atomic E-state index is 5.52. The zero-order chi connectivity index (χ0) is 20.3. The molecule has 0 N–H and O–H groups in total. The SMILES string of the molecule is CCN1CCN(c2nc(-c3ccc(C4CCOCC4)cc3)cc3ccccc23)CC1.Cl. The van der Waals surface area contributed by atoms with Gasteiger partial charge in [-0.15, -0.1) is 12.4 Å². The summed E-state index contributed by atoms with van der Waals surface area (Å²) in [5, 5.41) is 2.52. The number of anilines is 1. The Morgan fingerprint density at radius 3 is 2.35 bits per heavy atom. The first-order chi connectivity index (χ1) is 14.8. The topological polar surface area (TPSA) is 28.6 Å². The van der Waals surface area contributed by atoms with Gasteiger partial charge in [0.15, 0.2) is 0 Å². The average Bonchev–Trinajstić information content (AvgIpc) is 2.84. The van der Waals surface area contributed by atoms with E-state index in [-0.39, 0.29) is 12.4 Å². The number of fused-ring (bicyclic) bond motifs is 1. The molecule has 0 amide bonds. The number of hydrogen-bond acceptors (Lipinski definition) is 4. The van der Waals surface area contributed by atoms with Crippen molar-refractivity contribution in [2.45, 2.75) is 25.7 Å². The van der Waals surface area contributed by atoms with Gasteiger partial charge in [-0.1, -0.05) is 55.5 Å². The summed E-state index contributed by atoms with van der Waals surface area (Å²) in [7, 11) is 0. The number of piperazine rings is 1. The van der Waals surface area contributed by atoms with E-state index in [0.717, 1.165) is 70.3 Å². The Morgan fingerprint density at radius 2 is 1.65 bits per heavy atom. The minimum absolute atomic E-state index is 0. The summed E-state index contributed by atoms with van der Waals surface area (Å²) in [6.45, 7) is 9.43. The van der Waals surface area contributed by atoms with Crippen molar-refractivity contribution in [2.75, 3.05) is 50.8 Å². The van der Waals surface area contributed by atoms with E-state index in [1.54, 1.807) is 0 Å². The molecule has 0 radical (unpaired) electrons. The van der Waals surface area contributed by atoms with Crippen molar-refractivity contribution in [3.63, 3.8) is 0 Å². The molecule has 3 heterocycles. The van der Waals surface area contributed by atoms with Crippen molar-refractivity contribution in [1.29, 1.82) is 0 Å². The van der Waals surface area contributed by atoms with Gasteiger partial charge in [0.1, 0.15) is 5.82 Å². The highest BCUT2D eigenvalue weighted by atomic mass is 35.5. The van der Waals surface area contributed by atoms with E-state index in [4.69, 9.17) is 9.72 Å². The van der Waals surface area contributed by atoms with Crippen molar-refractivity contribution in [1.82, 2.24) is 9.88 Å². The van der Waals surface area contributed by atoms with Crippen molar-refractivity contribution in [3.05, 3.63) is 60.2 Å². The van der Waals surface area contributed by atoms with Crippen LogP contribution in [0.2, 0.25) is 0 Å². The maximum absolute atomic E-state index is 5.52. The first kappa shape index (κ1) is 22.1. The average molecular weight is 438 g/mol. The lowest BCUT2D eigenvalue weighted by Gasteiger charge is -2.35. The second kappa shape index (κ2) is 9.99. The summed E-state index contributed by atoms with van der Waals surface area (Å²) in [6, 6.07) is 20.0. The summed E-state index contributed by atoms with van der Waals surface area (Å²) < 4.78 is 5.52. The van der Waals surface area contributed by atoms with Gasteiger partial charge in [0.05, 0.1) is 5.69 Å². The number of likely N-dealkylation sites (N-methyl/N-ethyl adjacent to an activating group) is 1. The molecule has 5 heteroatoms. The molecule has 1 aromatic heterocycles. The van der Waals surface area contributed by atoms with Crippen LogP contribution >= 0.6 is 12.4 Å². The van der Waals surface area contributed by atoms with Gasteiger partial charge >= 0.3 is 0 Å². The molecule has 2 aliphatic heterocycles. The lowest BCUT2D eigenvalue weighted by molar-refractivity contribution is 0.0853. The maximum Gasteiger partial charge on any atom is 0.137 e. The highest BCUT2D eigenvalue weighted by Gasteiger charge is 2.20. The van der Waals surface area contributed by atoms with Crippen LogP contribution in [0.5, 0.6) is 0 Å². The quantitative estimate of drug-likeness (QED) is 0.549. The van der Waals surface area contributed by atoms with E-state index in [9.17, 15) is 0 Å². The van der Waals surface area contributed by atoms with Crippen LogP contribution in [-0.4, -0.2) is 55.8 Å². The molecule has 2 saturated heterocycles. The second-order valence-corrected chi connectivity index (χ2v) is 8.48. The van der Waals surface area contributed by atoms with E-state index >= 15 is 0 Å². The van der Waals surface area contributed by atoms with E-state index in [0.29, 0.717) is 5.92 Å². The molecule has 5 rings (SSSR count). The van der Waals surface area contributed by atoms with Gasteiger partial charge in [-0.05, 0) is 42.3 Å². The van der Waals surface area contributed by atoms with Crippen LogP contribution in [0.25, 0.3) is 22.0 Å². The Labute approximate surface area is 191 Å². The summed E-state index contributed by atoms with van der Waals surface area (Å²) in [6.07, 6.45) is 2.25. The van der Waals surface area contributed by atoms with Crippen LogP contribution in [0.15, 0.2) is 54.6 Å². The molecule has 0 spiro atoms. The number of hydrogen-bond donors (Lipinski definition) is 0. The van der Waals surface area contributed by atoms with Crippen LogP contribution in [0.4, 0.5) is 5.82 Å². The molecule has 2 fully saturated rings. The van der Waals surface area contributed by atoms with E-state index in [1.165, 1.54) is 21.9 Å².